The van der Waals surface area contributed by atoms with Crippen molar-refractivity contribution in [2.75, 3.05) is 6.61 Å². The lowest BCUT2D eigenvalue weighted by Crippen LogP contribution is -2.16. The van der Waals surface area contributed by atoms with Crippen molar-refractivity contribution in [1.82, 2.24) is 0 Å². The van der Waals surface area contributed by atoms with Crippen LogP contribution in [0.2, 0.25) is 0 Å². The van der Waals surface area contributed by atoms with E-state index >= 15 is 0 Å². The van der Waals surface area contributed by atoms with Gasteiger partial charge in [0.1, 0.15) is 0 Å². The predicted octanol–water partition coefficient (Wildman–Crippen LogP) is 2.20. The highest BCUT2D eigenvalue weighted by atomic mass is 32.2. The molecule has 1 heterocycles. The minimum atomic E-state index is 0.152. The van der Waals surface area contributed by atoms with Crippen LogP contribution in [0.4, 0.5) is 0 Å². The van der Waals surface area contributed by atoms with Crippen LogP contribution in [0.5, 0.6) is 0 Å². The average molecular weight is 185 g/mol. The molecule has 0 aromatic heterocycles. The predicted molar refractivity (Wildman–Crippen MR) is 51.1 cm³/mol. The molecule has 3 heteroatoms. The first-order valence-electron chi connectivity index (χ1n) is 4.44. The van der Waals surface area contributed by atoms with Crippen molar-refractivity contribution in [2.45, 2.75) is 43.3 Å². The van der Waals surface area contributed by atoms with Gasteiger partial charge in [-0.25, -0.2) is 0 Å². The van der Waals surface area contributed by atoms with E-state index in [-0.39, 0.29) is 5.25 Å². The third-order valence-electron chi connectivity index (χ3n) is 2.16. The Bertz CT molecular complexity index is 178. The molecule has 1 aliphatic rings. The molecule has 1 fully saturated rings. The first-order valence-corrected chi connectivity index (χ1v) is 5.39. The molecule has 68 valence electrons. The Kier molecular flexibility index (Phi) is 3.90. The standard InChI is InChI=1S/C9H15NOS/c1-3-8(6-10)12-9-4-5-11-7(9)2/h7-9H,3-5H2,1-2H3. The Morgan fingerprint density at radius 1 is 1.75 bits per heavy atom. The monoisotopic (exact) mass is 185 g/mol. The largest absolute Gasteiger partial charge is 0.377 e. The summed E-state index contributed by atoms with van der Waals surface area (Å²) in [4.78, 5) is 0. The highest BCUT2D eigenvalue weighted by molar-refractivity contribution is 8.00. The number of hydrogen-bond donors (Lipinski definition) is 0. The molecule has 0 saturated carbocycles. The van der Waals surface area contributed by atoms with E-state index in [1.807, 2.05) is 0 Å². The number of ether oxygens (including phenoxy) is 1. The molecule has 3 atom stereocenters. The topological polar surface area (TPSA) is 33.0 Å². The lowest BCUT2D eigenvalue weighted by molar-refractivity contribution is 0.127. The Balaban J connectivity index is 2.34. The minimum absolute atomic E-state index is 0.152. The van der Waals surface area contributed by atoms with Crippen molar-refractivity contribution in [1.29, 1.82) is 5.26 Å². The number of hydrogen-bond acceptors (Lipinski definition) is 3. The van der Waals surface area contributed by atoms with Gasteiger partial charge in [-0.3, -0.25) is 0 Å². The van der Waals surface area contributed by atoms with E-state index in [1.54, 1.807) is 11.8 Å². The Labute approximate surface area is 78.3 Å². The normalized spacial score (nSPS) is 31.4. The molecule has 1 rings (SSSR count). The second-order valence-corrected chi connectivity index (χ2v) is 4.51. The van der Waals surface area contributed by atoms with E-state index in [0.717, 1.165) is 19.4 Å². The molecule has 3 unspecified atom stereocenters. The molecule has 0 bridgehead atoms. The van der Waals surface area contributed by atoms with Crippen molar-refractivity contribution in [3.8, 4) is 6.07 Å². The zero-order valence-electron chi connectivity index (χ0n) is 7.62. The maximum Gasteiger partial charge on any atom is 0.0917 e. The second kappa shape index (κ2) is 4.74. The van der Waals surface area contributed by atoms with Gasteiger partial charge in [0.25, 0.3) is 0 Å². The number of nitrogens with zero attached hydrogens (tertiary/aromatic N) is 1. The summed E-state index contributed by atoms with van der Waals surface area (Å²) in [5, 5.41) is 9.45. The van der Waals surface area contributed by atoms with Gasteiger partial charge in [0.15, 0.2) is 0 Å². The van der Waals surface area contributed by atoms with Gasteiger partial charge in [-0.1, -0.05) is 6.92 Å². The van der Waals surface area contributed by atoms with Gasteiger partial charge in [-0.2, -0.15) is 5.26 Å². The highest BCUT2D eigenvalue weighted by Crippen LogP contribution is 2.30. The van der Waals surface area contributed by atoms with Crippen LogP contribution in [-0.4, -0.2) is 23.2 Å². The van der Waals surface area contributed by atoms with Crippen LogP contribution in [0.25, 0.3) is 0 Å². The van der Waals surface area contributed by atoms with Crippen LogP contribution in [0.1, 0.15) is 26.7 Å². The maximum absolute atomic E-state index is 8.76. The summed E-state index contributed by atoms with van der Waals surface area (Å²) >= 11 is 1.77. The molecular weight excluding hydrogens is 170 g/mol. The lowest BCUT2D eigenvalue weighted by atomic mass is 10.3. The average Bonchev–Trinajstić information content (AvgIpc) is 2.47. The van der Waals surface area contributed by atoms with Crippen LogP contribution in [0, 0.1) is 11.3 Å². The quantitative estimate of drug-likeness (QED) is 0.675. The molecule has 0 aromatic carbocycles. The molecule has 0 radical (unpaired) electrons. The number of nitriles is 1. The third kappa shape index (κ3) is 2.40. The van der Waals surface area contributed by atoms with Gasteiger partial charge >= 0.3 is 0 Å². The van der Waals surface area contributed by atoms with Crippen molar-refractivity contribution in [3.05, 3.63) is 0 Å². The summed E-state index contributed by atoms with van der Waals surface area (Å²) in [5.41, 5.74) is 0. The molecule has 1 aliphatic heterocycles. The molecule has 12 heavy (non-hydrogen) atoms. The van der Waals surface area contributed by atoms with Crippen molar-refractivity contribution in [2.24, 2.45) is 0 Å². The molecule has 0 aromatic rings. The van der Waals surface area contributed by atoms with E-state index < -0.39 is 0 Å². The fraction of sp³-hybridized carbons (Fsp3) is 0.889. The SMILES string of the molecule is CCC(C#N)SC1CCOC1C. The number of thioether (sulfide) groups is 1. The van der Waals surface area contributed by atoms with E-state index in [1.165, 1.54) is 0 Å². The van der Waals surface area contributed by atoms with Gasteiger partial charge in [-0.15, -0.1) is 11.8 Å². The molecule has 0 amide bonds. The van der Waals surface area contributed by atoms with Gasteiger partial charge in [0.05, 0.1) is 17.4 Å². The van der Waals surface area contributed by atoms with Crippen molar-refractivity contribution >= 4 is 11.8 Å². The molecule has 0 aliphatic carbocycles. The summed E-state index contributed by atoms with van der Waals surface area (Å²) in [6, 6.07) is 2.31. The molecule has 1 saturated heterocycles. The lowest BCUT2D eigenvalue weighted by Gasteiger charge is -2.15. The summed E-state index contributed by atoms with van der Waals surface area (Å²) in [6.45, 7) is 5.01. The van der Waals surface area contributed by atoms with Gasteiger partial charge in [-0.05, 0) is 19.8 Å². The van der Waals surface area contributed by atoms with Crippen molar-refractivity contribution in [3.63, 3.8) is 0 Å². The van der Waals surface area contributed by atoms with E-state index in [0.29, 0.717) is 11.4 Å². The fourth-order valence-electron chi connectivity index (χ4n) is 1.32. The van der Waals surface area contributed by atoms with Crippen LogP contribution in [-0.2, 0) is 4.74 Å². The summed E-state index contributed by atoms with van der Waals surface area (Å²) in [5.74, 6) is 0. The Morgan fingerprint density at radius 3 is 2.92 bits per heavy atom. The number of rotatable bonds is 3. The van der Waals surface area contributed by atoms with Crippen LogP contribution >= 0.6 is 11.8 Å². The second-order valence-electron chi connectivity index (χ2n) is 3.07. The van der Waals surface area contributed by atoms with Gasteiger partial charge < -0.3 is 4.74 Å². The molecular formula is C9H15NOS. The van der Waals surface area contributed by atoms with E-state index in [2.05, 4.69) is 19.9 Å². The zero-order valence-corrected chi connectivity index (χ0v) is 8.43. The summed E-state index contributed by atoms with van der Waals surface area (Å²) in [7, 11) is 0. The van der Waals surface area contributed by atoms with E-state index in [9.17, 15) is 0 Å². The van der Waals surface area contributed by atoms with Crippen LogP contribution < -0.4 is 0 Å². The van der Waals surface area contributed by atoms with E-state index in [4.69, 9.17) is 10.00 Å². The first kappa shape index (κ1) is 9.88. The smallest absolute Gasteiger partial charge is 0.0917 e. The van der Waals surface area contributed by atoms with Crippen LogP contribution in [0.15, 0.2) is 0 Å². The maximum atomic E-state index is 8.76. The van der Waals surface area contributed by atoms with Gasteiger partial charge in [0, 0.05) is 11.9 Å². The van der Waals surface area contributed by atoms with Crippen molar-refractivity contribution < 1.29 is 4.74 Å². The Morgan fingerprint density at radius 2 is 2.50 bits per heavy atom. The van der Waals surface area contributed by atoms with Crippen LogP contribution in [0.3, 0.4) is 0 Å². The summed E-state index contributed by atoms with van der Waals surface area (Å²) in [6.07, 6.45) is 2.37. The zero-order chi connectivity index (χ0) is 8.97. The summed E-state index contributed by atoms with van der Waals surface area (Å²) < 4.78 is 5.43. The molecule has 0 spiro atoms. The third-order valence-corrected chi connectivity index (χ3v) is 3.90. The van der Waals surface area contributed by atoms with Gasteiger partial charge in [0.2, 0.25) is 0 Å². The highest BCUT2D eigenvalue weighted by Gasteiger charge is 2.26. The Hall–Kier alpha value is -0.200. The first-order chi connectivity index (χ1) is 5.77. The minimum Gasteiger partial charge on any atom is -0.377 e. The fourth-order valence-corrected chi connectivity index (χ4v) is 2.53. The molecule has 0 N–H and O–H groups in total. The molecule has 2 nitrogen and oxygen atoms in total.